The van der Waals surface area contributed by atoms with E-state index in [9.17, 15) is 4.79 Å². The summed E-state index contributed by atoms with van der Waals surface area (Å²) in [6.45, 7) is 11.3. The molecule has 1 aliphatic heterocycles. The molecule has 1 heterocycles. The van der Waals surface area contributed by atoms with Crippen LogP contribution in [0.15, 0.2) is 0 Å². The number of hydrogen-bond acceptors (Lipinski definition) is 3. The minimum absolute atomic E-state index is 0.255. The molecule has 0 spiro atoms. The van der Waals surface area contributed by atoms with Crippen LogP contribution in [0.2, 0.25) is 0 Å². The summed E-state index contributed by atoms with van der Waals surface area (Å²) in [5.74, 6) is 0.894. The van der Waals surface area contributed by atoms with Crippen molar-refractivity contribution < 1.29 is 14.3 Å². The molecule has 0 radical (unpaired) electrons. The maximum Gasteiger partial charge on any atom is 0.407 e. The van der Waals surface area contributed by atoms with Crippen LogP contribution in [-0.2, 0) is 9.47 Å². The van der Waals surface area contributed by atoms with Crippen LogP contribution < -0.4 is 5.32 Å². The van der Waals surface area contributed by atoms with Crippen LogP contribution in [-0.4, -0.2) is 30.9 Å². The van der Waals surface area contributed by atoms with Crippen molar-refractivity contribution in [3.63, 3.8) is 0 Å². The summed E-state index contributed by atoms with van der Waals surface area (Å²) in [5.41, 5.74) is -0.437. The van der Waals surface area contributed by atoms with Gasteiger partial charge in [-0.1, -0.05) is 13.8 Å². The molecule has 0 aromatic rings. The molecule has 4 heteroatoms. The van der Waals surface area contributed by atoms with Gasteiger partial charge in [-0.05, 0) is 33.1 Å². The molecule has 17 heavy (non-hydrogen) atoms. The zero-order chi connectivity index (χ0) is 13.1. The number of hydrogen-bond donors (Lipinski definition) is 1. The van der Waals surface area contributed by atoms with Crippen molar-refractivity contribution >= 4 is 6.09 Å². The third kappa shape index (κ3) is 4.94. The number of ether oxygens (including phenoxy) is 2. The van der Waals surface area contributed by atoms with E-state index < -0.39 is 5.60 Å². The highest BCUT2D eigenvalue weighted by Crippen LogP contribution is 2.26. The lowest BCUT2D eigenvalue weighted by atomic mass is 9.93. The molecule has 0 unspecified atom stereocenters. The van der Waals surface area contributed by atoms with Crippen LogP contribution in [0, 0.1) is 11.8 Å². The number of alkyl carbamates (subject to hydrolysis) is 1. The van der Waals surface area contributed by atoms with Gasteiger partial charge in [0.1, 0.15) is 5.60 Å². The molecule has 0 aromatic heterocycles. The number of carbonyl (C=O) groups is 1. The van der Waals surface area contributed by atoms with Gasteiger partial charge in [-0.3, -0.25) is 0 Å². The molecule has 0 aromatic carbocycles. The Labute approximate surface area is 104 Å². The smallest absolute Gasteiger partial charge is 0.407 e. The monoisotopic (exact) mass is 243 g/mol. The maximum atomic E-state index is 11.5. The average Bonchev–Trinajstić information content (AvgIpc) is 2.59. The van der Waals surface area contributed by atoms with Crippen molar-refractivity contribution in [1.82, 2.24) is 5.32 Å². The highest BCUT2D eigenvalue weighted by atomic mass is 16.6. The molecule has 1 amide bonds. The van der Waals surface area contributed by atoms with E-state index in [4.69, 9.17) is 9.47 Å². The summed E-state index contributed by atoms with van der Waals surface area (Å²) in [4.78, 5) is 11.5. The number of nitrogens with one attached hydrogen (secondary N) is 1. The molecule has 1 fully saturated rings. The van der Waals surface area contributed by atoms with Crippen LogP contribution in [0.1, 0.15) is 41.0 Å². The number of rotatable bonds is 3. The topological polar surface area (TPSA) is 47.6 Å². The summed E-state index contributed by atoms with van der Waals surface area (Å²) >= 11 is 0. The van der Waals surface area contributed by atoms with Crippen molar-refractivity contribution in [2.75, 3.05) is 13.2 Å². The number of amides is 1. The molecule has 100 valence electrons. The first-order chi connectivity index (χ1) is 7.79. The molecule has 0 saturated carbocycles. The summed E-state index contributed by atoms with van der Waals surface area (Å²) in [5, 5.41) is 2.82. The zero-order valence-corrected chi connectivity index (χ0v) is 11.6. The van der Waals surface area contributed by atoms with E-state index in [-0.39, 0.29) is 12.2 Å². The van der Waals surface area contributed by atoms with Gasteiger partial charge < -0.3 is 14.8 Å². The second-order valence-electron chi connectivity index (χ2n) is 6.01. The second kappa shape index (κ2) is 5.71. The summed E-state index contributed by atoms with van der Waals surface area (Å²) in [7, 11) is 0. The molecular formula is C13H25NO3. The fourth-order valence-electron chi connectivity index (χ4n) is 2.14. The summed E-state index contributed by atoms with van der Waals surface area (Å²) in [6.07, 6.45) is 0.926. The van der Waals surface area contributed by atoms with Crippen molar-refractivity contribution in [2.45, 2.75) is 52.7 Å². The van der Waals surface area contributed by atoms with E-state index >= 15 is 0 Å². The lowest BCUT2D eigenvalue weighted by molar-refractivity contribution is 0.0429. The van der Waals surface area contributed by atoms with Crippen LogP contribution >= 0.6 is 0 Å². The fraction of sp³-hybridized carbons (Fsp3) is 0.923. The molecule has 4 nitrogen and oxygen atoms in total. The van der Waals surface area contributed by atoms with Gasteiger partial charge in [0, 0.05) is 19.1 Å². The maximum absolute atomic E-state index is 11.5. The normalized spacial score (nSPS) is 25.1. The van der Waals surface area contributed by atoms with Crippen molar-refractivity contribution in [3.8, 4) is 0 Å². The molecule has 1 N–H and O–H groups in total. The molecule has 1 saturated heterocycles. The Kier molecular flexibility index (Phi) is 4.80. The second-order valence-corrected chi connectivity index (χ2v) is 6.01. The van der Waals surface area contributed by atoms with Gasteiger partial charge in [0.25, 0.3) is 0 Å². The van der Waals surface area contributed by atoms with Crippen molar-refractivity contribution in [1.29, 1.82) is 0 Å². The Morgan fingerprint density at radius 1 is 1.47 bits per heavy atom. The highest BCUT2D eigenvalue weighted by molar-refractivity contribution is 5.67. The average molecular weight is 243 g/mol. The molecule has 1 aliphatic rings. The van der Waals surface area contributed by atoms with Crippen LogP contribution in [0.5, 0.6) is 0 Å². The summed E-state index contributed by atoms with van der Waals surface area (Å²) < 4.78 is 10.9. The molecule has 0 aliphatic carbocycles. The predicted molar refractivity (Wildman–Crippen MR) is 66.9 cm³/mol. The predicted octanol–water partition coefficient (Wildman–Crippen LogP) is 2.57. The first-order valence-electron chi connectivity index (χ1n) is 6.38. The molecular weight excluding hydrogens is 218 g/mol. The van der Waals surface area contributed by atoms with E-state index in [2.05, 4.69) is 19.2 Å². The Morgan fingerprint density at radius 3 is 2.65 bits per heavy atom. The van der Waals surface area contributed by atoms with Crippen LogP contribution in [0.3, 0.4) is 0 Å². The number of carbonyl (C=O) groups excluding carboxylic acids is 1. The zero-order valence-electron chi connectivity index (χ0n) is 11.6. The SMILES string of the molecule is CC(C)[C@@H]1OCC[C@@H]1CNC(=O)OC(C)(C)C. The molecule has 0 bridgehead atoms. The van der Waals surface area contributed by atoms with E-state index in [0.717, 1.165) is 13.0 Å². The van der Waals surface area contributed by atoms with Gasteiger partial charge in [-0.15, -0.1) is 0 Å². The quantitative estimate of drug-likeness (QED) is 0.828. The molecule has 1 rings (SSSR count). The third-order valence-electron chi connectivity index (χ3n) is 2.83. The van der Waals surface area contributed by atoms with E-state index in [1.807, 2.05) is 20.8 Å². The fourth-order valence-corrected chi connectivity index (χ4v) is 2.14. The van der Waals surface area contributed by atoms with E-state index in [1.165, 1.54) is 0 Å². The Balaban J connectivity index is 2.33. The Bertz CT molecular complexity index is 258. The standard InChI is InChI=1S/C13H25NO3/c1-9(2)11-10(6-7-16-11)8-14-12(15)17-13(3,4)5/h9-11H,6-8H2,1-5H3,(H,14,15)/t10-,11+/m1/s1. The highest BCUT2D eigenvalue weighted by Gasteiger charge is 2.31. The van der Waals surface area contributed by atoms with Crippen molar-refractivity contribution in [2.24, 2.45) is 11.8 Å². The lowest BCUT2D eigenvalue weighted by Crippen LogP contribution is -2.38. The van der Waals surface area contributed by atoms with Gasteiger partial charge in [-0.2, -0.15) is 0 Å². The third-order valence-corrected chi connectivity index (χ3v) is 2.83. The van der Waals surface area contributed by atoms with Gasteiger partial charge >= 0.3 is 6.09 Å². The van der Waals surface area contributed by atoms with Gasteiger partial charge in [0.05, 0.1) is 6.10 Å². The van der Waals surface area contributed by atoms with Crippen LogP contribution in [0.25, 0.3) is 0 Å². The van der Waals surface area contributed by atoms with Gasteiger partial charge in [-0.25, -0.2) is 4.79 Å². The molecule has 2 atom stereocenters. The van der Waals surface area contributed by atoms with E-state index in [1.54, 1.807) is 0 Å². The van der Waals surface area contributed by atoms with Crippen LogP contribution in [0.4, 0.5) is 4.79 Å². The van der Waals surface area contributed by atoms with Gasteiger partial charge in [0.15, 0.2) is 0 Å². The lowest BCUT2D eigenvalue weighted by Gasteiger charge is -2.24. The van der Waals surface area contributed by atoms with Crippen molar-refractivity contribution in [3.05, 3.63) is 0 Å². The first-order valence-corrected chi connectivity index (χ1v) is 6.38. The first kappa shape index (κ1) is 14.3. The minimum Gasteiger partial charge on any atom is -0.444 e. The Morgan fingerprint density at radius 2 is 2.12 bits per heavy atom. The summed E-state index contributed by atoms with van der Waals surface area (Å²) in [6, 6.07) is 0. The minimum atomic E-state index is -0.437. The largest absolute Gasteiger partial charge is 0.444 e. The Hall–Kier alpha value is -0.770. The van der Waals surface area contributed by atoms with Gasteiger partial charge in [0.2, 0.25) is 0 Å². The van der Waals surface area contributed by atoms with E-state index in [0.29, 0.717) is 18.4 Å².